The molecule has 0 unspecified atom stereocenters. The number of nitrogens with one attached hydrogen (secondary N) is 2. The second-order valence-electron chi connectivity index (χ2n) is 6.38. The van der Waals surface area contributed by atoms with E-state index in [1.807, 2.05) is 36.5 Å². The molecule has 1 heterocycles. The predicted octanol–water partition coefficient (Wildman–Crippen LogP) is 4.47. The molecule has 25 heavy (non-hydrogen) atoms. The van der Waals surface area contributed by atoms with Crippen molar-refractivity contribution in [1.82, 2.24) is 9.71 Å². The van der Waals surface area contributed by atoms with Crippen molar-refractivity contribution in [2.75, 3.05) is 6.54 Å². The van der Waals surface area contributed by atoms with Crippen molar-refractivity contribution < 1.29 is 8.42 Å². The highest BCUT2D eigenvalue weighted by molar-refractivity contribution is 7.89. The molecular formula is C19H21ClN2O2S. The molecule has 0 radical (unpaired) electrons. The molecule has 0 fully saturated rings. The monoisotopic (exact) mass is 376 g/mol. The lowest BCUT2D eigenvalue weighted by atomic mass is 10.0. The molecule has 2 aromatic carbocycles. The van der Waals surface area contributed by atoms with Crippen molar-refractivity contribution in [2.45, 2.75) is 31.1 Å². The van der Waals surface area contributed by atoms with Crippen molar-refractivity contribution in [1.29, 1.82) is 0 Å². The summed E-state index contributed by atoms with van der Waals surface area (Å²) in [6, 6.07) is 12.7. The second-order valence-corrected chi connectivity index (χ2v) is 8.58. The van der Waals surface area contributed by atoms with Crippen LogP contribution in [0.2, 0.25) is 5.02 Å². The van der Waals surface area contributed by atoms with E-state index >= 15 is 0 Å². The Hall–Kier alpha value is -1.82. The fourth-order valence-electron chi connectivity index (χ4n) is 2.79. The Bertz CT molecular complexity index is 976. The maximum absolute atomic E-state index is 12.4. The van der Waals surface area contributed by atoms with E-state index < -0.39 is 10.0 Å². The van der Waals surface area contributed by atoms with E-state index in [0.717, 1.165) is 22.0 Å². The van der Waals surface area contributed by atoms with Gasteiger partial charge in [-0.05, 0) is 53.8 Å². The highest BCUT2D eigenvalue weighted by Gasteiger charge is 2.14. The molecule has 0 atom stereocenters. The first-order chi connectivity index (χ1) is 11.9. The van der Waals surface area contributed by atoms with Crippen LogP contribution in [0.5, 0.6) is 0 Å². The Morgan fingerprint density at radius 1 is 1.12 bits per heavy atom. The van der Waals surface area contributed by atoms with Gasteiger partial charge in [-0.15, -0.1) is 0 Å². The molecule has 0 saturated heterocycles. The minimum atomic E-state index is -3.50. The van der Waals surface area contributed by atoms with Crippen molar-refractivity contribution in [3.8, 4) is 0 Å². The lowest BCUT2D eigenvalue weighted by Crippen LogP contribution is -2.26. The van der Waals surface area contributed by atoms with Crippen LogP contribution in [0.4, 0.5) is 0 Å². The zero-order valence-electron chi connectivity index (χ0n) is 14.2. The summed E-state index contributed by atoms with van der Waals surface area (Å²) in [7, 11) is -3.50. The summed E-state index contributed by atoms with van der Waals surface area (Å²) in [6.07, 6.45) is 2.48. The summed E-state index contributed by atoms with van der Waals surface area (Å²) in [4.78, 5) is 3.47. The van der Waals surface area contributed by atoms with Gasteiger partial charge in [0.15, 0.2) is 0 Å². The molecule has 0 aliphatic rings. The minimum Gasteiger partial charge on any atom is -0.361 e. The molecule has 0 bridgehead atoms. The van der Waals surface area contributed by atoms with Gasteiger partial charge >= 0.3 is 0 Å². The number of fused-ring (bicyclic) bond motifs is 1. The molecule has 0 saturated carbocycles. The number of hydrogen-bond donors (Lipinski definition) is 2. The highest BCUT2D eigenvalue weighted by atomic mass is 35.5. The Labute approximate surface area is 153 Å². The third-order valence-corrected chi connectivity index (χ3v) is 5.98. The van der Waals surface area contributed by atoms with Crippen LogP contribution < -0.4 is 4.72 Å². The molecule has 6 heteroatoms. The summed E-state index contributed by atoms with van der Waals surface area (Å²) in [5, 5.41) is 1.69. The quantitative estimate of drug-likeness (QED) is 0.666. The Balaban J connectivity index is 1.68. The number of rotatable bonds is 6. The van der Waals surface area contributed by atoms with Gasteiger partial charge in [0.25, 0.3) is 0 Å². The normalized spacial score (nSPS) is 12.2. The minimum absolute atomic E-state index is 0.291. The molecule has 0 amide bonds. The van der Waals surface area contributed by atoms with E-state index in [9.17, 15) is 8.42 Å². The molecule has 132 valence electrons. The van der Waals surface area contributed by atoms with Gasteiger partial charge < -0.3 is 4.98 Å². The third-order valence-electron chi connectivity index (χ3n) is 4.27. The molecule has 0 aliphatic carbocycles. The van der Waals surface area contributed by atoms with E-state index in [1.54, 1.807) is 12.1 Å². The van der Waals surface area contributed by atoms with Gasteiger partial charge in [0.05, 0.1) is 4.90 Å². The number of hydrogen-bond acceptors (Lipinski definition) is 2. The van der Waals surface area contributed by atoms with E-state index in [1.165, 1.54) is 0 Å². The average Bonchev–Trinajstić information content (AvgIpc) is 2.97. The highest BCUT2D eigenvalue weighted by Crippen LogP contribution is 2.23. The largest absolute Gasteiger partial charge is 0.361 e. The first-order valence-corrected chi connectivity index (χ1v) is 10.1. The van der Waals surface area contributed by atoms with Gasteiger partial charge in [-0.2, -0.15) is 0 Å². The van der Waals surface area contributed by atoms with Crippen LogP contribution in [-0.4, -0.2) is 19.9 Å². The van der Waals surface area contributed by atoms with Crippen LogP contribution in [0.25, 0.3) is 10.9 Å². The lowest BCUT2D eigenvalue weighted by molar-refractivity contribution is 0.581. The standard InChI is InChI=1S/C19H21ClN2O2S/c1-13(2)14-3-6-17(7-4-14)25(23,24)22-10-9-15-12-21-19-8-5-16(20)11-18(15)19/h3-8,11-13,21-22H,9-10H2,1-2H3. The molecule has 4 nitrogen and oxygen atoms in total. The number of aromatic nitrogens is 1. The number of H-pyrrole nitrogens is 1. The van der Waals surface area contributed by atoms with Crippen LogP contribution in [-0.2, 0) is 16.4 Å². The molecular weight excluding hydrogens is 356 g/mol. The number of halogens is 1. The van der Waals surface area contributed by atoms with Crippen molar-refractivity contribution >= 4 is 32.5 Å². The summed E-state index contributed by atoms with van der Waals surface area (Å²) < 4.78 is 27.5. The van der Waals surface area contributed by atoms with Crippen LogP contribution in [0.15, 0.2) is 53.6 Å². The zero-order valence-corrected chi connectivity index (χ0v) is 15.8. The number of sulfonamides is 1. The van der Waals surface area contributed by atoms with Crippen LogP contribution in [0.3, 0.4) is 0 Å². The first-order valence-electron chi connectivity index (χ1n) is 8.22. The summed E-state index contributed by atoms with van der Waals surface area (Å²) in [6.45, 7) is 4.48. The molecule has 2 N–H and O–H groups in total. The maximum atomic E-state index is 12.4. The van der Waals surface area contributed by atoms with Crippen LogP contribution in [0.1, 0.15) is 30.9 Å². The second kappa shape index (κ2) is 7.20. The summed E-state index contributed by atoms with van der Waals surface area (Å²) in [5.41, 5.74) is 3.15. The van der Waals surface area contributed by atoms with Gasteiger partial charge in [0, 0.05) is 28.7 Å². The first kappa shape index (κ1) is 18.0. The van der Waals surface area contributed by atoms with Crippen molar-refractivity contribution in [2.24, 2.45) is 0 Å². The SMILES string of the molecule is CC(C)c1ccc(S(=O)(=O)NCCc2c[nH]c3ccc(Cl)cc23)cc1. The number of aromatic amines is 1. The molecule has 3 rings (SSSR count). The summed E-state index contributed by atoms with van der Waals surface area (Å²) in [5.74, 6) is 0.374. The van der Waals surface area contributed by atoms with E-state index in [0.29, 0.717) is 28.8 Å². The van der Waals surface area contributed by atoms with E-state index in [2.05, 4.69) is 23.6 Å². The van der Waals surface area contributed by atoms with Gasteiger partial charge in [0.2, 0.25) is 10.0 Å². The summed E-state index contributed by atoms with van der Waals surface area (Å²) >= 11 is 6.04. The lowest BCUT2D eigenvalue weighted by Gasteiger charge is -2.09. The van der Waals surface area contributed by atoms with Gasteiger partial charge in [0.1, 0.15) is 0 Å². The van der Waals surface area contributed by atoms with Crippen molar-refractivity contribution in [3.63, 3.8) is 0 Å². The van der Waals surface area contributed by atoms with Crippen LogP contribution in [0, 0.1) is 0 Å². The van der Waals surface area contributed by atoms with Gasteiger partial charge in [-0.25, -0.2) is 13.1 Å². The Morgan fingerprint density at radius 3 is 2.52 bits per heavy atom. The molecule has 1 aromatic heterocycles. The zero-order chi connectivity index (χ0) is 18.0. The number of benzene rings is 2. The maximum Gasteiger partial charge on any atom is 0.240 e. The average molecular weight is 377 g/mol. The topological polar surface area (TPSA) is 62.0 Å². The third kappa shape index (κ3) is 4.06. The Kier molecular flexibility index (Phi) is 5.18. The van der Waals surface area contributed by atoms with Crippen LogP contribution >= 0.6 is 11.6 Å². The molecule has 0 spiro atoms. The predicted molar refractivity (Wildman–Crippen MR) is 103 cm³/mol. The van der Waals surface area contributed by atoms with E-state index in [-0.39, 0.29) is 0 Å². The molecule has 3 aromatic rings. The Morgan fingerprint density at radius 2 is 1.84 bits per heavy atom. The van der Waals surface area contributed by atoms with Crippen molar-refractivity contribution in [3.05, 3.63) is 64.8 Å². The fraction of sp³-hybridized carbons (Fsp3) is 0.263. The van der Waals surface area contributed by atoms with Gasteiger partial charge in [-0.3, -0.25) is 0 Å². The molecule has 0 aliphatic heterocycles. The van der Waals surface area contributed by atoms with Gasteiger partial charge in [-0.1, -0.05) is 37.6 Å². The van der Waals surface area contributed by atoms with E-state index in [4.69, 9.17) is 11.6 Å². The fourth-order valence-corrected chi connectivity index (χ4v) is 4.00. The smallest absolute Gasteiger partial charge is 0.240 e.